The Hall–Kier alpha value is -2.63. The molecule has 0 fully saturated rings. The van der Waals surface area contributed by atoms with E-state index in [0.717, 1.165) is 16.3 Å². The van der Waals surface area contributed by atoms with Gasteiger partial charge in [0.1, 0.15) is 11.6 Å². The standard InChI is InChI=1S/C16H18N4O2/c1-9(2)18-15(21)10(3)20-13-7-5-4-6-11(13)12-8-17-19-16(22)14(12)20/h4-10H,1-3H3,(H,18,21)(H,19,22). The minimum Gasteiger partial charge on any atom is -0.352 e. The summed E-state index contributed by atoms with van der Waals surface area (Å²) >= 11 is 0. The monoisotopic (exact) mass is 298 g/mol. The third-order valence-electron chi connectivity index (χ3n) is 3.72. The molecule has 0 saturated heterocycles. The predicted octanol–water partition coefficient (Wildman–Crippen LogP) is 1.96. The third-order valence-corrected chi connectivity index (χ3v) is 3.72. The zero-order valence-corrected chi connectivity index (χ0v) is 12.8. The van der Waals surface area contributed by atoms with Crippen LogP contribution in [0.2, 0.25) is 0 Å². The van der Waals surface area contributed by atoms with Crippen molar-refractivity contribution < 1.29 is 4.79 Å². The fourth-order valence-corrected chi connectivity index (χ4v) is 2.78. The Labute approximate surface area is 127 Å². The van der Waals surface area contributed by atoms with Crippen LogP contribution in [0.4, 0.5) is 0 Å². The Morgan fingerprint density at radius 1 is 1.23 bits per heavy atom. The maximum absolute atomic E-state index is 12.4. The molecule has 3 rings (SSSR count). The van der Waals surface area contributed by atoms with Crippen LogP contribution in [0.25, 0.3) is 21.8 Å². The molecule has 22 heavy (non-hydrogen) atoms. The number of hydrogen-bond acceptors (Lipinski definition) is 3. The number of carbonyl (C=O) groups is 1. The number of nitrogens with one attached hydrogen (secondary N) is 2. The molecule has 2 heterocycles. The maximum Gasteiger partial charge on any atom is 0.288 e. The van der Waals surface area contributed by atoms with Crippen molar-refractivity contribution in [2.75, 3.05) is 0 Å². The van der Waals surface area contributed by atoms with Crippen LogP contribution in [0.15, 0.2) is 35.3 Å². The second-order valence-corrected chi connectivity index (χ2v) is 5.69. The van der Waals surface area contributed by atoms with Crippen LogP contribution in [0.1, 0.15) is 26.8 Å². The van der Waals surface area contributed by atoms with Gasteiger partial charge in [-0.25, -0.2) is 5.10 Å². The smallest absolute Gasteiger partial charge is 0.288 e. The maximum atomic E-state index is 12.4. The highest BCUT2D eigenvalue weighted by molar-refractivity contribution is 6.08. The number of rotatable bonds is 3. The zero-order chi connectivity index (χ0) is 15.9. The lowest BCUT2D eigenvalue weighted by molar-refractivity contribution is -0.124. The largest absolute Gasteiger partial charge is 0.352 e. The van der Waals surface area contributed by atoms with E-state index in [4.69, 9.17) is 0 Å². The van der Waals surface area contributed by atoms with Crippen molar-refractivity contribution in [1.82, 2.24) is 20.1 Å². The van der Waals surface area contributed by atoms with Gasteiger partial charge in [0, 0.05) is 16.8 Å². The van der Waals surface area contributed by atoms with Gasteiger partial charge in [-0.1, -0.05) is 18.2 Å². The van der Waals surface area contributed by atoms with E-state index >= 15 is 0 Å². The van der Waals surface area contributed by atoms with Gasteiger partial charge in [0.2, 0.25) is 5.91 Å². The molecule has 6 heteroatoms. The number of nitrogens with zero attached hydrogens (tertiary/aromatic N) is 2. The van der Waals surface area contributed by atoms with Gasteiger partial charge in [0.15, 0.2) is 0 Å². The molecule has 114 valence electrons. The van der Waals surface area contributed by atoms with Crippen LogP contribution in [0.3, 0.4) is 0 Å². The SMILES string of the molecule is CC(C)NC(=O)C(C)n1c2ccccc2c2cn[nH]c(=O)c21. The summed E-state index contributed by atoms with van der Waals surface area (Å²) < 4.78 is 1.78. The number of amides is 1. The number of aromatic nitrogens is 3. The van der Waals surface area contributed by atoms with Gasteiger partial charge in [-0.3, -0.25) is 9.59 Å². The first-order chi connectivity index (χ1) is 10.5. The van der Waals surface area contributed by atoms with Crippen LogP contribution in [0, 0.1) is 0 Å². The van der Waals surface area contributed by atoms with Gasteiger partial charge < -0.3 is 9.88 Å². The summed E-state index contributed by atoms with van der Waals surface area (Å²) in [5.41, 5.74) is 1.03. The molecule has 0 spiro atoms. The number of carbonyl (C=O) groups excluding carboxylic acids is 1. The molecule has 3 aromatic rings. The molecule has 1 unspecified atom stereocenters. The molecule has 2 N–H and O–H groups in total. The number of benzene rings is 1. The second kappa shape index (κ2) is 5.29. The molecule has 0 aliphatic heterocycles. The summed E-state index contributed by atoms with van der Waals surface area (Å²) in [6.45, 7) is 5.61. The van der Waals surface area contributed by atoms with E-state index in [1.165, 1.54) is 0 Å². The fourth-order valence-electron chi connectivity index (χ4n) is 2.78. The number of aromatic amines is 1. The summed E-state index contributed by atoms with van der Waals surface area (Å²) in [4.78, 5) is 24.6. The number of H-pyrrole nitrogens is 1. The van der Waals surface area contributed by atoms with Crippen molar-refractivity contribution in [3.05, 3.63) is 40.8 Å². The Balaban J connectivity index is 2.31. The van der Waals surface area contributed by atoms with Crippen molar-refractivity contribution in [2.24, 2.45) is 0 Å². The lowest BCUT2D eigenvalue weighted by Gasteiger charge is -2.18. The molecule has 1 aromatic carbocycles. The van der Waals surface area contributed by atoms with Crippen molar-refractivity contribution in [1.29, 1.82) is 0 Å². The van der Waals surface area contributed by atoms with Crippen LogP contribution in [0.5, 0.6) is 0 Å². The molecule has 6 nitrogen and oxygen atoms in total. The van der Waals surface area contributed by atoms with E-state index in [-0.39, 0.29) is 17.5 Å². The Morgan fingerprint density at radius 2 is 1.95 bits per heavy atom. The lowest BCUT2D eigenvalue weighted by Crippen LogP contribution is -2.36. The van der Waals surface area contributed by atoms with E-state index in [2.05, 4.69) is 15.5 Å². The van der Waals surface area contributed by atoms with Crippen molar-refractivity contribution in [3.8, 4) is 0 Å². The van der Waals surface area contributed by atoms with E-state index in [9.17, 15) is 9.59 Å². The first-order valence-electron chi connectivity index (χ1n) is 7.27. The summed E-state index contributed by atoms with van der Waals surface area (Å²) in [5, 5.41) is 10.9. The topological polar surface area (TPSA) is 79.8 Å². The summed E-state index contributed by atoms with van der Waals surface area (Å²) in [7, 11) is 0. The molecule has 0 bridgehead atoms. The lowest BCUT2D eigenvalue weighted by atomic mass is 10.2. The average molecular weight is 298 g/mol. The number of para-hydroxylation sites is 1. The van der Waals surface area contributed by atoms with Crippen LogP contribution in [-0.2, 0) is 4.79 Å². The first kappa shape index (κ1) is 14.3. The van der Waals surface area contributed by atoms with Crippen molar-refractivity contribution in [2.45, 2.75) is 32.9 Å². The normalized spacial score (nSPS) is 12.9. The van der Waals surface area contributed by atoms with Gasteiger partial charge in [-0.2, -0.15) is 5.10 Å². The molecule has 1 amide bonds. The van der Waals surface area contributed by atoms with Gasteiger partial charge in [-0.05, 0) is 26.8 Å². The molecular weight excluding hydrogens is 280 g/mol. The molecule has 0 aliphatic rings. The molecule has 0 radical (unpaired) electrons. The number of fused-ring (bicyclic) bond motifs is 3. The van der Waals surface area contributed by atoms with E-state index in [1.807, 2.05) is 38.1 Å². The third kappa shape index (κ3) is 2.16. The average Bonchev–Trinajstić information content (AvgIpc) is 2.82. The minimum atomic E-state index is -0.492. The molecule has 0 saturated carbocycles. The highest BCUT2D eigenvalue weighted by Crippen LogP contribution is 2.29. The summed E-state index contributed by atoms with van der Waals surface area (Å²) in [6, 6.07) is 7.20. The van der Waals surface area contributed by atoms with Gasteiger partial charge in [-0.15, -0.1) is 0 Å². The van der Waals surface area contributed by atoms with E-state index in [0.29, 0.717) is 5.52 Å². The zero-order valence-electron chi connectivity index (χ0n) is 12.8. The predicted molar refractivity (Wildman–Crippen MR) is 85.8 cm³/mol. The van der Waals surface area contributed by atoms with Crippen molar-refractivity contribution in [3.63, 3.8) is 0 Å². The van der Waals surface area contributed by atoms with Gasteiger partial charge >= 0.3 is 0 Å². The van der Waals surface area contributed by atoms with Gasteiger partial charge in [0.05, 0.1) is 11.7 Å². The van der Waals surface area contributed by atoms with Crippen LogP contribution < -0.4 is 10.9 Å². The highest BCUT2D eigenvalue weighted by Gasteiger charge is 2.22. The highest BCUT2D eigenvalue weighted by atomic mass is 16.2. The van der Waals surface area contributed by atoms with Crippen molar-refractivity contribution >= 4 is 27.7 Å². The van der Waals surface area contributed by atoms with E-state index in [1.54, 1.807) is 17.7 Å². The first-order valence-corrected chi connectivity index (χ1v) is 7.27. The molecule has 2 aromatic heterocycles. The Kier molecular flexibility index (Phi) is 3.44. The minimum absolute atomic E-state index is 0.0444. The Bertz CT molecular complexity index is 907. The van der Waals surface area contributed by atoms with E-state index < -0.39 is 6.04 Å². The fraction of sp³-hybridized carbons (Fsp3) is 0.312. The summed E-state index contributed by atoms with van der Waals surface area (Å²) in [5.74, 6) is -0.117. The van der Waals surface area contributed by atoms with Crippen LogP contribution in [-0.4, -0.2) is 26.7 Å². The second-order valence-electron chi connectivity index (χ2n) is 5.69. The molecule has 1 atom stereocenters. The van der Waals surface area contributed by atoms with Gasteiger partial charge in [0.25, 0.3) is 5.56 Å². The van der Waals surface area contributed by atoms with Crippen LogP contribution >= 0.6 is 0 Å². The number of hydrogen-bond donors (Lipinski definition) is 2. The molecule has 0 aliphatic carbocycles. The quantitative estimate of drug-likeness (QED) is 0.775. The molecular formula is C16H18N4O2. The summed E-state index contributed by atoms with van der Waals surface area (Å²) in [6.07, 6.45) is 1.63. The Morgan fingerprint density at radius 3 is 2.68 bits per heavy atom.